The van der Waals surface area contributed by atoms with E-state index in [-0.39, 0.29) is 23.1 Å². The number of aliphatic hydroxyl groups is 1. The van der Waals surface area contributed by atoms with E-state index in [4.69, 9.17) is 27.9 Å². The Balaban J connectivity index is 2.54. The largest absolute Gasteiger partial charge is 0.388 e. The fourth-order valence-electron chi connectivity index (χ4n) is 1.08. The molecule has 1 unspecified atom stereocenters. The highest BCUT2D eigenvalue weighted by Gasteiger charge is 2.20. The molecule has 2 N–H and O–H groups in total. The summed E-state index contributed by atoms with van der Waals surface area (Å²) in [5, 5.41) is 12.8. The van der Waals surface area contributed by atoms with E-state index in [1.54, 1.807) is 14.0 Å². The van der Waals surface area contributed by atoms with Crippen LogP contribution in [0.5, 0.6) is 0 Å². The summed E-state index contributed by atoms with van der Waals surface area (Å²) in [5.41, 5.74) is -0.929. The van der Waals surface area contributed by atoms with E-state index in [2.05, 4.69) is 20.3 Å². The second-order valence-electron chi connectivity index (χ2n) is 3.79. The van der Waals surface area contributed by atoms with Crippen molar-refractivity contribution in [2.45, 2.75) is 18.9 Å². The van der Waals surface area contributed by atoms with Gasteiger partial charge in [-0.05, 0) is 30.1 Å². The van der Waals surface area contributed by atoms with Crippen LogP contribution in [0.15, 0.2) is 0 Å². The van der Waals surface area contributed by atoms with Gasteiger partial charge in [0.05, 0.1) is 5.60 Å². The van der Waals surface area contributed by atoms with Crippen LogP contribution in [0.2, 0.25) is 10.6 Å². The molecule has 1 atom stereocenters. The molecular weight excluding hydrogens is 267 g/mol. The van der Waals surface area contributed by atoms with Crippen molar-refractivity contribution in [1.29, 1.82) is 0 Å². The molecule has 96 valence electrons. The van der Waals surface area contributed by atoms with Crippen molar-refractivity contribution < 1.29 is 9.84 Å². The number of nitrogens with zero attached hydrogens (tertiary/aromatic N) is 3. The zero-order valence-corrected chi connectivity index (χ0v) is 11.1. The lowest BCUT2D eigenvalue weighted by Crippen LogP contribution is -2.35. The van der Waals surface area contributed by atoms with Gasteiger partial charge in [-0.2, -0.15) is 15.0 Å². The maximum Gasteiger partial charge on any atom is 0.228 e. The number of methoxy groups -OCH3 is 1. The van der Waals surface area contributed by atoms with Gasteiger partial charge in [-0.25, -0.2) is 0 Å². The van der Waals surface area contributed by atoms with Crippen molar-refractivity contribution in [3.8, 4) is 0 Å². The Labute approximate surface area is 109 Å². The predicted molar refractivity (Wildman–Crippen MR) is 65.5 cm³/mol. The fourth-order valence-corrected chi connectivity index (χ4v) is 1.45. The van der Waals surface area contributed by atoms with Crippen molar-refractivity contribution in [2.75, 3.05) is 25.6 Å². The highest BCUT2D eigenvalue weighted by molar-refractivity contribution is 6.31. The van der Waals surface area contributed by atoms with Crippen LogP contribution in [-0.2, 0) is 4.74 Å². The Morgan fingerprint density at radius 3 is 2.41 bits per heavy atom. The van der Waals surface area contributed by atoms with Gasteiger partial charge in [0.2, 0.25) is 16.5 Å². The summed E-state index contributed by atoms with van der Waals surface area (Å²) in [5.74, 6) is 0.229. The molecule has 0 aromatic carbocycles. The SMILES string of the molecule is COCCC(C)(O)CNc1nc(Cl)nc(Cl)n1. The summed E-state index contributed by atoms with van der Waals surface area (Å²) in [6, 6.07) is 0. The van der Waals surface area contributed by atoms with E-state index in [9.17, 15) is 5.11 Å². The third-order valence-electron chi connectivity index (χ3n) is 2.05. The first-order valence-corrected chi connectivity index (χ1v) is 5.71. The number of hydrogen-bond donors (Lipinski definition) is 2. The third-order valence-corrected chi connectivity index (χ3v) is 2.39. The Kier molecular flexibility index (Phi) is 5.32. The fraction of sp³-hybridized carbons (Fsp3) is 0.667. The maximum atomic E-state index is 9.97. The summed E-state index contributed by atoms with van der Waals surface area (Å²) in [6.45, 7) is 2.41. The van der Waals surface area contributed by atoms with Gasteiger partial charge in [-0.15, -0.1) is 0 Å². The lowest BCUT2D eigenvalue weighted by Gasteiger charge is -2.23. The summed E-state index contributed by atoms with van der Waals surface area (Å²) in [4.78, 5) is 11.3. The van der Waals surface area contributed by atoms with Gasteiger partial charge in [-0.1, -0.05) is 0 Å². The smallest absolute Gasteiger partial charge is 0.228 e. The Bertz CT molecular complexity index is 356. The summed E-state index contributed by atoms with van der Waals surface area (Å²) >= 11 is 11.2. The molecule has 0 spiro atoms. The van der Waals surface area contributed by atoms with Crippen molar-refractivity contribution in [1.82, 2.24) is 15.0 Å². The quantitative estimate of drug-likeness (QED) is 0.820. The summed E-state index contributed by atoms with van der Waals surface area (Å²) in [6.07, 6.45) is 0.489. The monoisotopic (exact) mass is 280 g/mol. The molecule has 0 aliphatic heterocycles. The molecule has 0 aliphatic rings. The van der Waals surface area contributed by atoms with E-state index in [0.717, 1.165) is 0 Å². The molecule has 0 fully saturated rings. The van der Waals surface area contributed by atoms with Crippen LogP contribution in [0, 0.1) is 0 Å². The first-order valence-electron chi connectivity index (χ1n) is 4.95. The lowest BCUT2D eigenvalue weighted by atomic mass is 10.0. The number of halogens is 2. The van der Waals surface area contributed by atoms with Gasteiger partial charge < -0.3 is 15.2 Å². The number of anilines is 1. The number of hydrogen-bond acceptors (Lipinski definition) is 6. The van der Waals surface area contributed by atoms with E-state index >= 15 is 0 Å². The van der Waals surface area contributed by atoms with Crippen molar-refractivity contribution >= 4 is 29.2 Å². The average Bonchev–Trinajstić information content (AvgIpc) is 2.23. The zero-order valence-electron chi connectivity index (χ0n) is 9.57. The molecule has 0 saturated heterocycles. The summed E-state index contributed by atoms with van der Waals surface area (Å²) < 4.78 is 4.90. The molecule has 0 bridgehead atoms. The molecule has 17 heavy (non-hydrogen) atoms. The minimum atomic E-state index is -0.929. The first-order chi connectivity index (χ1) is 7.93. The minimum Gasteiger partial charge on any atom is -0.388 e. The molecule has 1 heterocycles. The Hall–Kier alpha value is -0.690. The zero-order chi connectivity index (χ0) is 12.9. The van der Waals surface area contributed by atoms with Crippen LogP contribution in [0.1, 0.15) is 13.3 Å². The third kappa shape index (κ3) is 5.45. The van der Waals surface area contributed by atoms with Gasteiger partial charge in [0.25, 0.3) is 0 Å². The number of rotatable bonds is 6. The normalized spacial score (nSPS) is 14.4. The second-order valence-corrected chi connectivity index (χ2v) is 4.47. The number of aromatic nitrogens is 3. The first kappa shape index (κ1) is 14.4. The van der Waals surface area contributed by atoms with Gasteiger partial charge in [0.15, 0.2) is 0 Å². The Morgan fingerprint density at radius 2 is 1.88 bits per heavy atom. The molecule has 0 amide bonds. The summed E-state index contributed by atoms with van der Waals surface area (Å²) in [7, 11) is 1.58. The van der Waals surface area contributed by atoms with Crippen LogP contribution in [0.4, 0.5) is 5.95 Å². The number of nitrogens with one attached hydrogen (secondary N) is 1. The standard InChI is InChI=1S/C9H14Cl2N4O2/c1-9(16,3-4-17-2)5-12-8-14-6(10)13-7(11)15-8/h16H,3-5H2,1-2H3,(H,12,13,14,15). The Morgan fingerprint density at radius 1 is 1.29 bits per heavy atom. The van der Waals surface area contributed by atoms with E-state index in [1.165, 1.54) is 0 Å². The molecule has 0 saturated carbocycles. The van der Waals surface area contributed by atoms with Crippen LogP contribution < -0.4 is 5.32 Å². The van der Waals surface area contributed by atoms with E-state index in [1.807, 2.05) is 0 Å². The highest BCUT2D eigenvalue weighted by atomic mass is 35.5. The van der Waals surface area contributed by atoms with Crippen molar-refractivity contribution in [3.63, 3.8) is 0 Å². The van der Waals surface area contributed by atoms with Gasteiger partial charge in [0.1, 0.15) is 0 Å². The highest BCUT2D eigenvalue weighted by Crippen LogP contribution is 2.13. The van der Waals surface area contributed by atoms with Crippen LogP contribution >= 0.6 is 23.2 Å². The molecule has 0 aliphatic carbocycles. The topological polar surface area (TPSA) is 80.2 Å². The maximum absolute atomic E-state index is 9.97. The average molecular weight is 281 g/mol. The number of ether oxygens (including phenoxy) is 1. The molecule has 6 nitrogen and oxygen atoms in total. The van der Waals surface area contributed by atoms with Crippen molar-refractivity contribution in [3.05, 3.63) is 10.6 Å². The molecular formula is C9H14Cl2N4O2. The molecule has 1 aromatic heterocycles. The van der Waals surface area contributed by atoms with Crippen LogP contribution in [0.3, 0.4) is 0 Å². The van der Waals surface area contributed by atoms with Gasteiger partial charge in [-0.3, -0.25) is 0 Å². The van der Waals surface area contributed by atoms with Gasteiger partial charge in [0, 0.05) is 26.7 Å². The molecule has 1 rings (SSSR count). The van der Waals surface area contributed by atoms with E-state index < -0.39 is 5.60 Å². The van der Waals surface area contributed by atoms with E-state index in [0.29, 0.717) is 13.0 Å². The predicted octanol–water partition coefficient (Wildman–Crippen LogP) is 1.38. The minimum absolute atomic E-state index is 0.00374. The molecule has 1 aromatic rings. The van der Waals surface area contributed by atoms with Gasteiger partial charge >= 0.3 is 0 Å². The molecule has 8 heteroatoms. The van der Waals surface area contributed by atoms with Crippen LogP contribution in [-0.4, -0.2) is 45.9 Å². The second kappa shape index (κ2) is 6.30. The van der Waals surface area contributed by atoms with Crippen molar-refractivity contribution in [2.24, 2.45) is 0 Å². The molecule has 0 radical (unpaired) electrons. The lowest BCUT2D eigenvalue weighted by molar-refractivity contribution is 0.0356. The van der Waals surface area contributed by atoms with Crippen LogP contribution in [0.25, 0.3) is 0 Å².